The summed E-state index contributed by atoms with van der Waals surface area (Å²) in [4.78, 5) is 21.8. The molecule has 1 saturated carbocycles. The van der Waals surface area contributed by atoms with Crippen LogP contribution in [0.25, 0.3) is 22.2 Å². The minimum Gasteiger partial charge on any atom is -0.351 e. The molecule has 14 heteroatoms. The average molecular weight is 538 g/mol. The Morgan fingerprint density at radius 3 is 2.65 bits per heavy atom. The van der Waals surface area contributed by atoms with E-state index in [-0.39, 0.29) is 42.8 Å². The molecule has 198 valence electrons. The van der Waals surface area contributed by atoms with Crippen molar-refractivity contribution in [3.8, 4) is 11.1 Å². The third-order valence-corrected chi connectivity index (χ3v) is 8.28. The molecule has 0 amide bonds. The van der Waals surface area contributed by atoms with Crippen LogP contribution in [0.1, 0.15) is 25.7 Å². The van der Waals surface area contributed by atoms with E-state index >= 15 is 4.39 Å². The van der Waals surface area contributed by atoms with E-state index in [1.165, 1.54) is 19.3 Å². The summed E-state index contributed by atoms with van der Waals surface area (Å²) >= 11 is 0. The number of hydrogen-bond acceptors (Lipinski definition) is 7. The lowest BCUT2D eigenvalue weighted by Gasteiger charge is -2.18. The van der Waals surface area contributed by atoms with Gasteiger partial charge in [-0.05, 0) is 43.9 Å². The third kappa shape index (κ3) is 4.88. The molecule has 2 aliphatic rings. The van der Waals surface area contributed by atoms with Crippen LogP contribution in [0.2, 0.25) is 0 Å². The van der Waals surface area contributed by atoms with Crippen LogP contribution in [-0.4, -0.2) is 58.6 Å². The van der Waals surface area contributed by atoms with Gasteiger partial charge in [0.1, 0.15) is 17.6 Å². The molecular weight excluding hydrogens is 511 g/mol. The van der Waals surface area contributed by atoms with E-state index in [1.807, 2.05) is 4.72 Å². The lowest BCUT2D eigenvalue weighted by molar-refractivity contribution is 0.343. The number of aromatic nitrogens is 3. The van der Waals surface area contributed by atoms with Crippen LogP contribution in [0.5, 0.6) is 0 Å². The Bertz CT molecular complexity index is 1530. The van der Waals surface area contributed by atoms with Crippen LogP contribution >= 0.6 is 0 Å². The second kappa shape index (κ2) is 9.58. The van der Waals surface area contributed by atoms with Gasteiger partial charge in [-0.3, -0.25) is 14.1 Å². The summed E-state index contributed by atoms with van der Waals surface area (Å²) in [7, 11) is -2.87. The number of fused-ring (bicyclic) bond motifs is 1. The van der Waals surface area contributed by atoms with Crippen LogP contribution in [-0.2, 0) is 17.3 Å². The first-order valence-electron chi connectivity index (χ1n) is 11.8. The number of halogens is 3. The molecule has 3 heterocycles. The van der Waals surface area contributed by atoms with Crippen molar-refractivity contribution >= 4 is 32.9 Å². The molecule has 0 spiro atoms. The number of hydrogen-bond donors (Lipinski definition) is 3. The van der Waals surface area contributed by atoms with Crippen LogP contribution in [0, 0.1) is 11.6 Å². The van der Waals surface area contributed by atoms with Crippen LogP contribution < -0.4 is 21.3 Å². The molecule has 5 rings (SSSR count). The zero-order valence-electron chi connectivity index (χ0n) is 19.9. The lowest BCUT2D eigenvalue weighted by Crippen LogP contribution is -2.34. The van der Waals surface area contributed by atoms with Gasteiger partial charge >= 0.3 is 10.2 Å². The first-order valence-corrected chi connectivity index (χ1v) is 13.3. The summed E-state index contributed by atoms with van der Waals surface area (Å²) in [6.45, 7) is -0.428. The Hall–Kier alpha value is -3.23. The molecule has 1 aliphatic heterocycles. The van der Waals surface area contributed by atoms with Crippen LogP contribution in [0.15, 0.2) is 29.2 Å². The molecular formula is C23H26F3N7O3S. The fraction of sp³-hybridized carbons (Fsp3) is 0.435. The molecule has 3 aromatic rings. The van der Waals surface area contributed by atoms with Crippen molar-refractivity contribution in [2.45, 2.75) is 43.9 Å². The van der Waals surface area contributed by atoms with Gasteiger partial charge in [0.15, 0.2) is 5.82 Å². The predicted octanol–water partition coefficient (Wildman–Crippen LogP) is 2.27. The molecule has 2 aromatic heterocycles. The molecule has 3 atom stereocenters. The highest BCUT2D eigenvalue weighted by Gasteiger charge is 2.32. The lowest BCUT2D eigenvalue weighted by atomic mass is 10.0. The summed E-state index contributed by atoms with van der Waals surface area (Å²) in [5, 5.41) is 3.55. The number of benzene rings is 1. The molecule has 37 heavy (non-hydrogen) atoms. The highest BCUT2D eigenvalue weighted by Crippen LogP contribution is 2.31. The largest absolute Gasteiger partial charge is 0.351 e. The van der Waals surface area contributed by atoms with Gasteiger partial charge in [0.2, 0.25) is 5.95 Å². The Labute approximate surface area is 210 Å². The Morgan fingerprint density at radius 1 is 1.19 bits per heavy atom. The van der Waals surface area contributed by atoms with Gasteiger partial charge in [0.25, 0.3) is 5.56 Å². The third-order valence-electron chi connectivity index (χ3n) is 6.79. The molecule has 1 aromatic carbocycles. The van der Waals surface area contributed by atoms with E-state index in [0.717, 1.165) is 40.3 Å². The van der Waals surface area contributed by atoms with E-state index in [1.54, 1.807) is 0 Å². The molecule has 2 fully saturated rings. The molecule has 0 unspecified atom stereocenters. The van der Waals surface area contributed by atoms with Crippen molar-refractivity contribution in [1.29, 1.82) is 0 Å². The topological polar surface area (TPSA) is 135 Å². The van der Waals surface area contributed by atoms with Crippen molar-refractivity contribution in [3.05, 3.63) is 46.4 Å². The monoisotopic (exact) mass is 537 g/mol. The highest BCUT2D eigenvalue weighted by molar-refractivity contribution is 7.90. The number of alkyl halides is 1. The smallest absolute Gasteiger partial charge is 0.301 e. The fourth-order valence-electron chi connectivity index (χ4n) is 4.81. The molecule has 4 N–H and O–H groups in total. The van der Waals surface area contributed by atoms with Crippen molar-refractivity contribution in [2.24, 2.45) is 12.8 Å². The second-order valence-electron chi connectivity index (χ2n) is 9.44. The minimum atomic E-state index is -4.29. The molecule has 0 radical (unpaired) electrons. The van der Waals surface area contributed by atoms with Gasteiger partial charge in [0, 0.05) is 43.8 Å². The van der Waals surface area contributed by atoms with E-state index in [9.17, 15) is 22.0 Å². The number of nitrogens with zero attached hydrogens (tertiary/aromatic N) is 4. The van der Waals surface area contributed by atoms with Crippen LogP contribution in [0.3, 0.4) is 0 Å². The van der Waals surface area contributed by atoms with E-state index in [4.69, 9.17) is 5.73 Å². The van der Waals surface area contributed by atoms with E-state index < -0.39 is 44.8 Å². The van der Waals surface area contributed by atoms with E-state index in [2.05, 4.69) is 15.3 Å². The normalized spacial score (nSPS) is 22.6. The number of aryl methyl sites for hydroxylation is 1. The maximum atomic E-state index is 15.5. The van der Waals surface area contributed by atoms with Crippen molar-refractivity contribution in [3.63, 3.8) is 0 Å². The van der Waals surface area contributed by atoms with Gasteiger partial charge in [0.05, 0.1) is 16.8 Å². The molecule has 1 saturated heterocycles. The number of nitrogens with one attached hydrogen (secondary N) is 2. The van der Waals surface area contributed by atoms with Gasteiger partial charge < -0.3 is 11.1 Å². The van der Waals surface area contributed by atoms with Gasteiger partial charge in [-0.15, -0.1) is 0 Å². The van der Waals surface area contributed by atoms with Gasteiger partial charge in [-0.1, -0.05) is 0 Å². The average Bonchev–Trinajstić information content (AvgIpc) is 3.47. The predicted molar refractivity (Wildman–Crippen MR) is 133 cm³/mol. The van der Waals surface area contributed by atoms with E-state index in [0.29, 0.717) is 11.3 Å². The SMILES string of the molecule is Cn1c(=O)c(-c2c(F)ccc(NS(=O)(=O)N3CC[C@@H](F)C3)c2F)cc2cnc(N[C@H]3CC[C@H](N)C3)nc21. The van der Waals surface area contributed by atoms with Crippen LogP contribution in [0.4, 0.5) is 24.8 Å². The Morgan fingerprint density at radius 2 is 1.97 bits per heavy atom. The van der Waals surface area contributed by atoms with Crippen molar-refractivity contribution in [1.82, 2.24) is 18.8 Å². The molecule has 1 aliphatic carbocycles. The van der Waals surface area contributed by atoms with Crippen molar-refractivity contribution in [2.75, 3.05) is 23.1 Å². The summed E-state index contributed by atoms with van der Waals surface area (Å²) < 4.78 is 73.1. The van der Waals surface area contributed by atoms with Gasteiger partial charge in [-0.25, -0.2) is 18.2 Å². The summed E-state index contributed by atoms with van der Waals surface area (Å²) in [6, 6.07) is 3.25. The highest BCUT2D eigenvalue weighted by atomic mass is 32.2. The Balaban J connectivity index is 1.51. The number of nitrogens with two attached hydrogens (primary N) is 1. The summed E-state index contributed by atoms with van der Waals surface area (Å²) in [5.74, 6) is -2.02. The summed E-state index contributed by atoms with van der Waals surface area (Å²) in [5.41, 5.74) is 3.87. The number of rotatable bonds is 6. The minimum absolute atomic E-state index is 0.0265. The summed E-state index contributed by atoms with van der Waals surface area (Å²) in [6.07, 6.45) is 2.66. The number of anilines is 2. The second-order valence-corrected chi connectivity index (χ2v) is 11.1. The fourth-order valence-corrected chi connectivity index (χ4v) is 6.08. The maximum absolute atomic E-state index is 15.5. The zero-order valence-corrected chi connectivity index (χ0v) is 20.7. The van der Waals surface area contributed by atoms with Gasteiger partial charge in [-0.2, -0.15) is 17.7 Å². The van der Waals surface area contributed by atoms with Crippen molar-refractivity contribution < 1.29 is 21.6 Å². The Kier molecular flexibility index (Phi) is 6.58. The molecule has 0 bridgehead atoms. The quantitative estimate of drug-likeness (QED) is 0.439. The standard InChI is InChI=1S/C23H26F3N7O3S/c1-32-21-12(10-28-23(30-21)29-15-3-2-14(27)9-15)8-16(22(32)34)19-17(25)4-5-18(20(19)26)31-37(35,36)33-7-6-13(24)11-33/h4-5,8,10,13-15,31H,2-3,6-7,9,11,27H2,1H3,(H,28,29,30)/t13-,14+,15+/m1/s1. The first-order chi connectivity index (χ1) is 17.5. The molecule has 10 nitrogen and oxygen atoms in total. The zero-order chi connectivity index (χ0) is 26.5. The maximum Gasteiger partial charge on any atom is 0.301 e. The number of pyridine rings is 1. The first kappa shape index (κ1) is 25.4.